The summed E-state index contributed by atoms with van der Waals surface area (Å²) in [5.41, 5.74) is 0.519. The monoisotopic (exact) mass is 356 g/mol. The Morgan fingerprint density at radius 2 is 2.12 bits per heavy atom. The molecule has 0 bridgehead atoms. The van der Waals surface area contributed by atoms with Gasteiger partial charge in [-0.05, 0) is 19.1 Å². The topological polar surface area (TPSA) is 67.9 Å². The Morgan fingerprint density at radius 3 is 2.71 bits per heavy atom. The Morgan fingerprint density at radius 1 is 1.42 bits per heavy atom. The van der Waals surface area contributed by atoms with Crippen LogP contribution in [0.5, 0.6) is 0 Å². The summed E-state index contributed by atoms with van der Waals surface area (Å²) in [6, 6.07) is 2.66. The van der Waals surface area contributed by atoms with Crippen molar-refractivity contribution in [1.29, 1.82) is 0 Å². The largest absolute Gasteiger partial charge is 0.466 e. The molecule has 2 rings (SSSR count). The van der Waals surface area contributed by atoms with Gasteiger partial charge in [0.2, 0.25) is 0 Å². The molecule has 0 aliphatic carbocycles. The maximum Gasteiger partial charge on any atom is 0.337 e. The van der Waals surface area contributed by atoms with E-state index in [9.17, 15) is 14.0 Å². The first kappa shape index (κ1) is 18.2. The van der Waals surface area contributed by atoms with Gasteiger partial charge in [-0.3, -0.25) is 4.90 Å². The van der Waals surface area contributed by atoms with Gasteiger partial charge in [-0.2, -0.15) is 0 Å². The maximum atomic E-state index is 14.3. The Balaban J connectivity index is 2.57. The van der Waals surface area contributed by atoms with Crippen molar-refractivity contribution in [3.8, 4) is 0 Å². The first-order valence-corrected chi connectivity index (χ1v) is 7.60. The second kappa shape index (κ2) is 7.63. The number of hydrogen-bond donors (Lipinski definition) is 1. The molecule has 1 N–H and O–H groups in total. The molecule has 1 aliphatic rings. The highest BCUT2D eigenvalue weighted by Gasteiger charge is 2.38. The van der Waals surface area contributed by atoms with Crippen LogP contribution in [0.4, 0.5) is 9.18 Å². The molecule has 1 atom stereocenters. The minimum Gasteiger partial charge on any atom is -0.466 e. The lowest BCUT2D eigenvalue weighted by Crippen LogP contribution is -2.49. The van der Waals surface area contributed by atoms with Gasteiger partial charge in [0.1, 0.15) is 5.82 Å². The number of carbonyl (C=O) groups is 2. The minimum absolute atomic E-state index is 0.0265. The SMILES string of the molecule is COCCN1C(=O)N[C@H](c2c(F)cccc2Cl)C(C(=O)OC)=C1C. The van der Waals surface area contributed by atoms with Gasteiger partial charge in [0.25, 0.3) is 0 Å². The molecule has 0 fully saturated rings. The molecule has 24 heavy (non-hydrogen) atoms. The summed E-state index contributed by atoms with van der Waals surface area (Å²) < 4.78 is 24.1. The molecular formula is C16H18ClFN2O4. The number of hydrogen-bond acceptors (Lipinski definition) is 4. The van der Waals surface area contributed by atoms with Crippen molar-refractivity contribution in [2.45, 2.75) is 13.0 Å². The van der Waals surface area contributed by atoms with Crippen molar-refractivity contribution in [3.63, 3.8) is 0 Å². The van der Waals surface area contributed by atoms with Crippen LogP contribution in [0.25, 0.3) is 0 Å². The van der Waals surface area contributed by atoms with Crippen molar-refractivity contribution in [3.05, 3.63) is 45.9 Å². The molecule has 6 nitrogen and oxygen atoms in total. The van der Waals surface area contributed by atoms with E-state index in [1.54, 1.807) is 6.92 Å². The third-order valence-corrected chi connectivity index (χ3v) is 4.14. The van der Waals surface area contributed by atoms with Crippen molar-refractivity contribution < 1.29 is 23.5 Å². The van der Waals surface area contributed by atoms with E-state index < -0.39 is 23.9 Å². The molecule has 1 aliphatic heterocycles. The average Bonchev–Trinajstić information content (AvgIpc) is 2.54. The number of allylic oxidation sites excluding steroid dienone is 1. The number of nitrogens with one attached hydrogen (secondary N) is 1. The molecule has 0 aromatic heterocycles. The fourth-order valence-corrected chi connectivity index (χ4v) is 2.88. The van der Waals surface area contributed by atoms with Crippen molar-refractivity contribution in [1.82, 2.24) is 10.2 Å². The normalized spacial score (nSPS) is 17.8. The summed E-state index contributed by atoms with van der Waals surface area (Å²) in [7, 11) is 2.72. The molecule has 1 aromatic rings. The lowest BCUT2D eigenvalue weighted by atomic mass is 9.94. The number of esters is 1. The van der Waals surface area contributed by atoms with E-state index in [-0.39, 0.29) is 29.3 Å². The quantitative estimate of drug-likeness (QED) is 0.823. The van der Waals surface area contributed by atoms with E-state index in [0.29, 0.717) is 5.70 Å². The van der Waals surface area contributed by atoms with Crippen LogP contribution in [-0.2, 0) is 14.3 Å². The van der Waals surface area contributed by atoms with Gasteiger partial charge in [0.05, 0.1) is 31.9 Å². The third kappa shape index (κ3) is 3.37. The predicted molar refractivity (Wildman–Crippen MR) is 86.0 cm³/mol. The highest BCUT2D eigenvalue weighted by molar-refractivity contribution is 6.31. The summed E-state index contributed by atoms with van der Waals surface area (Å²) in [6.45, 7) is 2.12. The molecular weight excluding hydrogens is 339 g/mol. The van der Waals surface area contributed by atoms with Gasteiger partial charge in [0, 0.05) is 23.4 Å². The van der Waals surface area contributed by atoms with Crippen LogP contribution in [0.2, 0.25) is 5.02 Å². The van der Waals surface area contributed by atoms with Gasteiger partial charge in [-0.1, -0.05) is 17.7 Å². The highest BCUT2D eigenvalue weighted by atomic mass is 35.5. The van der Waals surface area contributed by atoms with E-state index in [0.717, 1.165) is 0 Å². The molecule has 0 saturated carbocycles. The number of rotatable bonds is 5. The Hall–Kier alpha value is -2.12. The fraction of sp³-hybridized carbons (Fsp3) is 0.375. The molecule has 0 spiro atoms. The van der Waals surface area contributed by atoms with Crippen molar-refractivity contribution >= 4 is 23.6 Å². The smallest absolute Gasteiger partial charge is 0.337 e. The summed E-state index contributed by atoms with van der Waals surface area (Å²) in [6.07, 6.45) is 0. The molecule has 1 aromatic carbocycles. The fourth-order valence-electron chi connectivity index (χ4n) is 2.61. The molecule has 8 heteroatoms. The second-order valence-electron chi connectivity index (χ2n) is 5.15. The number of urea groups is 1. The van der Waals surface area contributed by atoms with Crippen LogP contribution >= 0.6 is 11.6 Å². The number of methoxy groups -OCH3 is 2. The second-order valence-corrected chi connectivity index (χ2v) is 5.56. The zero-order valence-electron chi connectivity index (χ0n) is 13.6. The number of benzene rings is 1. The van der Waals surface area contributed by atoms with Crippen LogP contribution in [0.1, 0.15) is 18.5 Å². The summed E-state index contributed by atoms with van der Waals surface area (Å²) in [5.74, 6) is -1.29. The maximum absolute atomic E-state index is 14.3. The molecule has 130 valence electrons. The standard InChI is InChI=1S/C16H18ClFN2O4/c1-9-12(15(21)24-3)14(13-10(17)5-4-6-11(13)18)19-16(22)20(9)7-8-23-2/h4-6,14H,7-8H2,1-3H3,(H,19,22)/t14-/m0/s1. The van der Waals surface area contributed by atoms with Gasteiger partial charge in [-0.15, -0.1) is 0 Å². The van der Waals surface area contributed by atoms with Gasteiger partial charge < -0.3 is 14.8 Å². The van der Waals surface area contributed by atoms with E-state index in [1.807, 2.05) is 0 Å². The number of halogens is 2. The zero-order chi connectivity index (χ0) is 17.9. The van der Waals surface area contributed by atoms with Crippen molar-refractivity contribution in [2.75, 3.05) is 27.4 Å². The number of amides is 2. The number of carbonyl (C=O) groups excluding carboxylic acids is 2. The summed E-state index contributed by atoms with van der Waals surface area (Å²) in [4.78, 5) is 26.0. The van der Waals surface area contributed by atoms with Crippen molar-refractivity contribution in [2.24, 2.45) is 0 Å². The van der Waals surface area contributed by atoms with E-state index >= 15 is 0 Å². The lowest BCUT2D eigenvalue weighted by molar-refractivity contribution is -0.136. The first-order chi connectivity index (χ1) is 11.4. The average molecular weight is 357 g/mol. The molecule has 0 radical (unpaired) electrons. The summed E-state index contributed by atoms with van der Waals surface area (Å²) >= 11 is 6.09. The Labute approximate surface area is 144 Å². The molecule has 0 unspecified atom stereocenters. The Bertz CT molecular complexity index is 672. The van der Waals surface area contributed by atoms with E-state index in [1.165, 1.54) is 37.3 Å². The van der Waals surface area contributed by atoms with Crippen LogP contribution in [-0.4, -0.2) is 44.3 Å². The number of ether oxygens (including phenoxy) is 2. The minimum atomic E-state index is -1.03. The zero-order valence-corrected chi connectivity index (χ0v) is 14.3. The third-order valence-electron chi connectivity index (χ3n) is 3.81. The highest BCUT2D eigenvalue weighted by Crippen LogP contribution is 2.36. The predicted octanol–water partition coefficient (Wildman–Crippen LogP) is 2.64. The van der Waals surface area contributed by atoms with Gasteiger partial charge in [0.15, 0.2) is 0 Å². The van der Waals surface area contributed by atoms with Crippen LogP contribution in [0.3, 0.4) is 0 Å². The van der Waals surface area contributed by atoms with Crippen LogP contribution in [0.15, 0.2) is 29.5 Å². The molecule has 1 heterocycles. The number of nitrogens with zero attached hydrogens (tertiary/aromatic N) is 1. The van der Waals surface area contributed by atoms with E-state index in [4.69, 9.17) is 21.1 Å². The Kier molecular flexibility index (Phi) is 5.80. The molecule has 2 amide bonds. The lowest BCUT2D eigenvalue weighted by Gasteiger charge is -2.35. The van der Waals surface area contributed by atoms with Crippen LogP contribution < -0.4 is 5.32 Å². The summed E-state index contributed by atoms with van der Waals surface area (Å²) in [5, 5.41) is 2.73. The van der Waals surface area contributed by atoms with Gasteiger partial charge >= 0.3 is 12.0 Å². The first-order valence-electron chi connectivity index (χ1n) is 7.22. The van der Waals surface area contributed by atoms with Crippen LogP contribution in [0, 0.1) is 5.82 Å². The molecule has 0 saturated heterocycles. The van der Waals surface area contributed by atoms with Gasteiger partial charge in [-0.25, -0.2) is 14.0 Å². The van der Waals surface area contributed by atoms with E-state index in [2.05, 4.69) is 5.32 Å².